The van der Waals surface area contributed by atoms with Crippen LogP contribution in [0.25, 0.3) is 0 Å². The first-order valence-electron chi connectivity index (χ1n) is 10.5. The SMILES string of the molecule is Cc1c(F)c(C(C)C)c(NC(=O)NS(=O)(=O)c2cc3c(o2)CCCC3O)c(C(C)C)c1F. The van der Waals surface area contributed by atoms with Gasteiger partial charge in [0, 0.05) is 34.7 Å². The average Bonchev–Trinajstić information content (AvgIpc) is 3.12. The molecular formula is C22H28F2N2O5S. The van der Waals surface area contributed by atoms with E-state index in [4.69, 9.17) is 4.42 Å². The number of nitrogens with one attached hydrogen (secondary N) is 2. The van der Waals surface area contributed by atoms with Gasteiger partial charge in [0.1, 0.15) is 17.4 Å². The molecule has 0 bridgehead atoms. The standard InChI is InChI=1S/C22H28F2N2O5S/c1-10(2)17-19(23)12(5)20(24)18(11(3)4)21(17)25-22(28)26-32(29,30)16-9-13-14(27)7-6-8-15(13)31-16/h9-11,14,27H,6-8H2,1-5H3,(H2,25,26,28). The van der Waals surface area contributed by atoms with Crippen molar-refractivity contribution in [3.05, 3.63) is 45.7 Å². The second kappa shape index (κ2) is 8.82. The number of furan rings is 1. The number of carbonyl (C=O) groups is 1. The van der Waals surface area contributed by atoms with E-state index in [0.717, 1.165) is 0 Å². The lowest BCUT2D eigenvalue weighted by molar-refractivity contribution is 0.152. The molecule has 32 heavy (non-hydrogen) atoms. The number of hydrogen-bond donors (Lipinski definition) is 3. The van der Waals surface area contributed by atoms with Crippen molar-refractivity contribution >= 4 is 21.7 Å². The predicted molar refractivity (Wildman–Crippen MR) is 115 cm³/mol. The van der Waals surface area contributed by atoms with E-state index in [1.54, 1.807) is 27.7 Å². The van der Waals surface area contributed by atoms with Crippen LogP contribution in [0.1, 0.15) is 86.5 Å². The van der Waals surface area contributed by atoms with Gasteiger partial charge in [0.05, 0.1) is 11.8 Å². The van der Waals surface area contributed by atoms with Gasteiger partial charge < -0.3 is 14.8 Å². The van der Waals surface area contributed by atoms with Gasteiger partial charge in [0.25, 0.3) is 10.0 Å². The van der Waals surface area contributed by atoms with E-state index in [9.17, 15) is 27.1 Å². The number of benzene rings is 1. The third-order valence-electron chi connectivity index (χ3n) is 5.61. The molecule has 10 heteroatoms. The number of carbonyl (C=O) groups excluding carboxylic acids is 1. The number of rotatable bonds is 5. The number of aryl methyl sites for hydroxylation is 1. The van der Waals surface area contributed by atoms with Crippen molar-refractivity contribution in [3.63, 3.8) is 0 Å². The molecule has 2 aromatic rings. The number of hydrogen-bond acceptors (Lipinski definition) is 5. The van der Waals surface area contributed by atoms with Gasteiger partial charge in [-0.25, -0.2) is 18.3 Å². The number of aliphatic hydroxyl groups is 1. The maximum absolute atomic E-state index is 14.9. The van der Waals surface area contributed by atoms with E-state index < -0.39 is 50.7 Å². The highest BCUT2D eigenvalue weighted by atomic mass is 32.2. The Labute approximate surface area is 186 Å². The highest BCUT2D eigenvalue weighted by Crippen LogP contribution is 2.39. The van der Waals surface area contributed by atoms with Crippen LogP contribution in [0, 0.1) is 18.6 Å². The van der Waals surface area contributed by atoms with Crippen LogP contribution in [0.2, 0.25) is 0 Å². The van der Waals surface area contributed by atoms with Gasteiger partial charge in [-0.2, -0.15) is 8.42 Å². The molecule has 1 aliphatic rings. The van der Waals surface area contributed by atoms with Crippen LogP contribution in [0.3, 0.4) is 0 Å². The number of sulfonamides is 1. The maximum atomic E-state index is 14.9. The first-order valence-corrected chi connectivity index (χ1v) is 12.0. The Morgan fingerprint density at radius 2 is 1.72 bits per heavy atom. The minimum absolute atomic E-state index is 0.0857. The lowest BCUT2D eigenvalue weighted by Crippen LogP contribution is -2.35. The minimum Gasteiger partial charge on any atom is -0.447 e. The topological polar surface area (TPSA) is 109 Å². The number of urea groups is 1. The molecule has 0 aliphatic heterocycles. The van der Waals surface area contributed by atoms with Gasteiger partial charge in [0.2, 0.25) is 5.09 Å². The number of aliphatic hydroxyl groups excluding tert-OH is 1. The van der Waals surface area contributed by atoms with Crippen molar-refractivity contribution in [2.75, 3.05) is 5.32 Å². The lowest BCUT2D eigenvalue weighted by atomic mass is 9.89. The largest absolute Gasteiger partial charge is 0.447 e. The third-order valence-corrected chi connectivity index (χ3v) is 6.80. The second-order valence-corrected chi connectivity index (χ2v) is 10.3. The summed E-state index contributed by atoms with van der Waals surface area (Å²) < 4.78 is 62.3. The van der Waals surface area contributed by atoms with Gasteiger partial charge in [0.15, 0.2) is 0 Å². The summed E-state index contributed by atoms with van der Waals surface area (Å²) in [4.78, 5) is 12.6. The molecule has 176 valence electrons. The monoisotopic (exact) mass is 470 g/mol. The molecule has 1 aromatic heterocycles. The smallest absolute Gasteiger partial charge is 0.333 e. The van der Waals surface area contributed by atoms with E-state index in [1.807, 2.05) is 4.72 Å². The molecule has 2 amide bonds. The molecule has 3 N–H and O–H groups in total. The molecular weight excluding hydrogens is 442 g/mol. The van der Waals surface area contributed by atoms with Gasteiger partial charge in [-0.15, -0.1) is 0 Å². The lowest BCUT2D eigenvalue weighted by Gasteiger charge is -2.23. The van der Waals surface area contributed by atoms with E-state index in [2.05, 4.69) is 5.32 Å². The third kappa shape index (κ3) is 4.38. The van der Waals surface area contributed by atoms with Crippen molar-refractivity contribution in [2.24, 2.45) is 0 Å². The first kappa shape index (κ1) is 24.2. The number of fused-ring (bicyclic) bond motifs is 1. The Morgan fingerprint density at radius 3 is 2.22 bits per heavy atom. The van der Waals surface area contributed by atoms with Gasteiger partial charge in [-0.05, 0) is 31.6 Å². The van der Waals surface area contributed by atoms with Crippen LogP contribution in [0.4, 0.5) is 19.3 Å². The summed E-state index contributed by atoms with van der Waals surface area (Å²) in [5.41, 5.74) is 0.325. The molecule has 1 atom stereocenters. The van der Waals surface area contributed by atoms with E-state index in [-0.39, 0.29) is 22.4 Å². The number of halogens is 2. The Balaban J connectivity index is 1.95. The predicted octanol–water partition coefficient (Wildman–Crippen LogP) is 4.99. The maximum Gasteiger partial charge on any atom is 0.333 e. The van der Waals surface area contributed by atoms with Gasteiger partial charge in [-0.3, -0.25) is 0 Å². The summed E-state index contributed by atoms with van der Waals surface area (Å²) >= 11 is 0. The van der Waals surface area contributed by atoms with Crippen molar-refractivity contribution in [1.82, 2.24) is 4.72 Å². The zero-order valence-corrected chi connectivity index (χ0v) is 19.5. The number of anilines is 1. The van der Waals surface area contributed by atoms with E-state index >= 15 is 0 Å². The van der Waals surface area contributed by atoms with Crippen LogP contribution in [-0.4, -0.2) is 19.6 Å². The Bertz CT molecular complexity index is 1120. The summed E-state index contributed by atoms with van der Waals surface area (Å²) in [6.45, 7) is 8.09. The first-order chi connectivity index (χ1) is 14.8. The normalized spacial score (nSPS) is 16.4. The van der Waals surface area contributed by atoms with Crippen molar-refractivity contribution < 1.29 is 31.5 Å². The zero-order chi connectivity index (χ0) is 24.0. The van der Waals surface area contributed by atoms with E-state index in [1.165, 1.54) is 13.0 Å². The summed E-state index contributed by atoms with van der Waals surface area (Å²) in [6, 6.07) is 0.0189. The molecule has 1 aliphatic carbocycles. The Hall–Kier alpha value is -2.46. The van der Waals surface area contributed by atoms with Crippen LogP contribution >= 0.6 is 0 Å². The highest BCUT2D eigenvalue weighted by molar-refractivity contribution is 7.89. The molecule has 0 saturated carbocycles. The van der Waals surface area contributed by atoms with E-state index in [0.29, 0.717) is 30.6 Å². The van der Waals surface area contributed by atoms with Crippen molar-refractivity contribution in [1.29, 1.82) is 0 Å². The Kier molecular flexibility index (Phi) is 6.67. The summed E-state index contributed by atoms with van der Waals surface area (Å²) in [6.07, 6.45) is 0.780. The fraction of sp³-hybridized carbons (Fsp3) is 0.500. The van der Waals surface area contributed by atoms with Crippen LogP contribution in [0.15, 0.2) is 15.6 Å². The highest BCUT2D eigenvalue weighted by Gasteiger charge is 2.31. The van der Waals surface area contributed by atoms with Crippen molar-refractivity contribution in [3.8, 4) is 0 Å². The molecule has 7 nitrogen and oxygen atoms in total. The number of amides is 2. The molecule has 1 unspecified atom stereocenters. The molecule has 1 aromatic carbocycles. The molecule has 0 saturated heterocycles. The second-order valence-electron chi connectivity index (χ2n) is 8.68. The van der Waals surface area contributed by atoms with Crippen LogP contribution < -0.4 is 10.0 Å². The summed E-state index contributed by atoms with van der Waals surface area (Å²) in [5, 5.41) is 11.9. The molecule has 0 radical (unpaired) electrons. The van der Waals surface area contributed by atoms with Gasteiger partial charge in [-0.1, -0.05) is 27.7 Å². The molecule has 1 heterocycles. The van der Waals surface area contributed by atoms with Crippen molar-refractivity contribution in [2.45, 2.75) is 76.9 Å². The van der Waals surface area contributed by atoms with Crippen LogP contribution in [0.5, 0.6) is 0 Å². The quantitative estimate of drug-likeness (QED) is 0.570. The molecule has 3 rings (SSSR count). The Morgan fingerprint density at radius 1 is 1.16 bits per heavy atom. The fourth-order valence-corrected chi connectivity index (χ4v) is 4.92. The fourth-order valence-electron chi connectivity index (χ4n) is 4.03. The average molecular weight is 471 g/mol. The van der Waals surface area contributed by atoms with Gasteiger partial charge >= 0.3 is 6.03 Å². The summed E-state index contributed by atoms with van der Waals surface area (Å²) in [7, 11) is -4.42. The zero-order valence-electron chi connectivity index (χ0n) is 18.7. The summed E-state index contributed by atoms with van der Waals surface area (Å²) in [5.74, 6) is -2.02. The molecule has 0 spiro atoms. The van der Waals surface area contributed by atoms with Crippen LogP contribution in [-0.2, 0) is 16.4 Å². The molecule has 0 fully saturated rings. The minimum atomic E-state index is -4.42.